The number of piperidine rings is 1. The van der Waals surface area contributed by atoms with Gasteiger partial charge in [-0.1, -0.05) is 29.8 Å². The van der Waals surface area contributed by atoms with E-state index in [0.29, 0.717) is 49.7 Å². The van der Waals surface area contributed by atoms with Gasteiger partial charge in [0.05, 0.1) is 6.61 Å². The van der Waals surface area contributed by atoms with Crippen LogP contribution >= 0.6 is 11.6 Å². The van der Waals surface area contributed by atoms with Crippen LogP contribution in [0.1, 0.15) is 37.9 Å². The van der Waals surface area contributed by atoms with E-state index in [2.05, 4.69) is 15.3 Å². The number of hydrogen-bond acceptors (Lipinski definition) is 9. The third-order valence-corrected chi connectivity index (χ3v) is 8.05. The molecule has 2 fully saturated rings. The molecule has 1 spiro atoms. The van der Waals surface area contributed by atoms with Gasteiger partial charge in [-0.3, -0.25) is 4.79 Å². The molecule has 1 aromatic heterocycles. The van der Waals surface area contributed by atoms with Gasteiger partial charge < -0.3 is 31.2 Å². The first-order chi connectivity index (χ1) is 20.0. The van der Waals surface area contributed by atoms with Crippen LogP contribution in [-0.2, 0) is 9.53 Å². The number of hydrogen-bond donors (Lipinski definition) is 3. The molecule has 2 aromatic carbocycles. The van der Waals surface area contributed by atoms with Crippen molar-refractivity contribution < 1.29 is 27.4 Å². The van der Waals surface area contributed by atoms with Crippen molar-refractivity contribution in [1.29, 1.82) is 0 Å². The molecule has 2 aliphatic rings. The molecule has 0 aliphatic carbocycles. The van der Waals surface area contributed by atoms with Crippen LogP contribution in [-0.4, -0.2) is 54.4 Å². The lowest BCUT2D eigenvalue weighted by Crippen LogP contribution is -2.41. The van der Waals surface area contributed by atoms with Gasteiger partial charge in [0.1, 0.15) is 11.9 Å². The fraction of sp³-hybridized carbons (Fsp3) is 0.414. The van der Waals surface area contributed by atoms with E-state index in [0.717, 1.165) is 12.8 Å². The van der Waals surface area contributed by atoms with Crippen molar-refractivity contribution in [2.24, 2.45) is 5.41 Å². The number of aromatic nitrogens is 2. The molecule has 0 radical (unpaired) electrons. The van der Waals surface area contributed by atoms with Gasteiger partial charge >= 0.3 is 12.1 Å². The quantitative estimate of drug-likeness (QED) is 0.247. The zero-order chi connectivity index (χ0) is 30.1. The Bertz CT molecular complexity index is 1450. The molecule has 13 heteroatoms. The molecule has 5 N–H and O–H groups in total. The van der Waals surface area contributed by atoms with Crippen molar-refractivity contribution >= 4 is 35.0 Å². The zero-order valence-corrected chi connectivity index (χ0v) is 23.7. The molecular formula is C29H32ClF3N6O3. The first-order valence-corrected chi connectivity index (χ1v) is 14.0. The highest BCUT2D eigenvalue weighted by atomic mass is 35.5. The molecular weight excluding hydrogens is 573 g/mol. The van der Waals surface area contributed by atoms with Gasteiger partial charge in [0.25, 0.3) is 0 Å². The van der Waals surface area contributed by atoms with Crippen LogP contribution in [0.2, 0.25) is 5.02 Å². The number of nitrogen functional groups attached to an aromatic ring is 2. The Hall–Kier alpha value is -3.77. The monoisotopic (exact) mass is 604 g/mol. The molecule has 5 rings (SSSR count). The SMILES string of the molecule is CCOC(=O)[C@@H]1CC2(CCN(c3cc(O[C@H](c4ccc(Cl)cc4-c4cccc(N)c4)C(F)(F)F)nc(N)n3)CC2)CN1. The predicted molar refractivity (Wildman–Crippen MR) is 154 cm³/mol. The van der Waals surface area contributed by atoms with Crippen LogP contribution < -0.4 is 26.4 Å². The number of nitrogens with zero attached hydrogens (tertiary/aromatic N) is 3. The second kappa shape index (κ2) is 11.8. The van der Waals surface area contributed by atoms with Crippen molar-refractivity contribution in [3.8, 4) is 17.0 Å². The first-order valence-electron chi connectivity index (χ1n) is 13.6. The third kappa shape index (κ3) is 6.49. The Labute approximate surface area is 246 Å². The number of halogens is 4. The fourth-order valence-electron chi connectivity index (χ4n) is 5.71. The minimum atomic E-state index is -4.80. The molecule has 0 amide bonds. The van der Waals surface area contributed by atoms with Crippen molar-refractivity contribution in [2.75, 3.05) is 42.6 Å². The molecule has 2 atom stereocenters. The summed E-state index contributed by atoms with van der Waals surface area (Å²) >= 11 is 6.17. The molecule has 0 bridgehead atoms. The summed E-state index contributed by atoms with van der Waals surface area (Å²) < 4.78 is 54.3. The van der Waals surface area contributed by atoms with Gasteiger partial charge in [-0.2, -0.15) is 23.1 Å². The van der Waals surface area contributed by atoms with Crippen molar-refractivity contribution in [1.82, 2.24) is 15.3 Å². The van der Waals surface area contributed by atoms with E-state index in [4.69, 9.17) is 32.5 Å². The summed E-state index contributed by atoms with van der Waals surface area (Å²) in [6, 6.07) is 11.7. The third-order valence-electron chi connectivity index (χ3n) is 7.82. The van der Waals surface area contributed by atoms with Gasteiger partial charge in [0.15, 0.2) is 0 Å². The topological polar surface area (TPSA) is 129 Å². The molecule has 3 aromatic rings. The number of nitrogens with one attached hydrogen (secondary N) is 1. The van der Waals surface area contributed by atoms with E-state index in [1.807, 2.05) is 4.90 Å². The van der Waals surface area contributed by atoms with E-state index < -0.39 is 12.3 Å². The van der Waals surface area contributed by atoms with Crippen LogP contribution in [0.4, 0.5) is 30.6 Å². The standard InChI is InChI=1S/C29H32ClF3N6O3/c1-2-41-26(40)22-15-28(16-36-22)8-10-39(11-9-28)23-14-24(38-27(35)37-23)42-25(29(31,32)33)20-7-6-18(30)13-21(20)17-4-3-5-19(34)12-17/h3-7,12-14,22,25,36H,2,8-11,15-16,34H2,1H3,(H2,35,37,38)/t22-,25+/m0/s1. The van der Waals surface area contributed by atoms with Crippen molar-refractivity contribution in [3.63, 3.8) is 0 Å². The van der Waals surface area contributed by atoms with Crippen LogP contribution in [0.5, 0.6) is 5.88 Å². The van der Waals surface area contributed by atoms with E-state index in [1.165, 1.54) is 24.3 Å². The normalized spacial score (nSPS) is 19.1. The largest absolute Gasteiger partial charge is 0.465 e. The lowest BCUT2D eigenvalue weighted by molar-refractivity contribution is -0.198. The molecule has 42 heavy (non-hydrogen) atoms. The summed E-state index contributed by atoms with van der Waals surface area (Å²) in [4.78, 5) is 22.4. The maximum atomic E-state index is 14.5. The molecule has 2 aliphatic heterocycles. The molecule has 0 saturated carbocycles. The molecule has 9 nitrogen and oxygen atoms in total. The summed E-state index contributed by atoms with van der Waals surface area (Å²) in [6.07, 6.45) is -4.98. The average molecular weight is 605 g/mol. The summed E-state index contributed by atoms with van der Waals surface area (Å²) in [7, 11) is 0. The zero-order valence-electron chi connectivity index (χ0n) is 23.0. The number of carbonyl (C=O) groups is 1. The van der Waals surface area contributed by atoms with E-state index in [-0.39, 0.29) is 45.4 Å². The summed E-state index contributed by atoms with van der Waals surface area (Å²) in [5, 5.41) is 3.53. The predicted octanol–water partition coefficient (Wildman–Crippen LogP) is 5.16. The number of esters is 1. The van der Waals surface area contributed by atoms with Gasteiger partial charge in [-0.05, 0) is 67.0 Å². The second-order valence-corrected chi connectivity index (χ2v) is 11.1. The molecule has 3 heterocycles. The van der Waals surface area contributed by atoms with Gasteiger partial charge in [-0.25, -0.2) is 0 Å². The minimum Gasteiger partial charge on any atom is -0.465 e. The van der Waals surface area contributed by atoms with E-state index in [9.17, 15) is 18.0 Å². The number of benzene rings is 2. The number of alkyl halides is 3. The maximum absolute atomic E-state index is 14.5. The van der Waals surface area contributed by atoms with Gasteiger partial charge in [0, 0.05) is 42.0 Å². The molecule has 0 unspecified atom stereocenters. The number of ether oxygens (including phenoxy) is 2. The summed E-state index contributed by atoms with van der Waals surface area (Å²) in [5.74, 6) is -0.395. The van der Waals surface area contributed by atoms with Crippen LogP contribution in [0.25, 0.3) is 11.1 Å². The van der Waals surface area contributed by atoms with Gasteiger partial charge in [0.2, 0.25) is 17.9 Å². The van der Waals surface area contributed by atoms with Crippen LogP contribution in [0.3, 0.4) is 0 Å². The lowest BCUT2D eigenvalue weighted by atomic mass is 9.76. The smallest absolute Gasteiger partial charge is 0.429 e. The minimum absolute atomic E-state index is 0.0704. The first kappa shape index (κ1) is 29.7. The Balaban J connectivity index is 1.37. The second-order valence-electron chi connectivity index (χ2n) is 10.7. The highest BCUT2D eigenvalue weighted by Gasteiger charge is 2.46. The molecule has 224 valence electrons. The number of carbonyl (C=O) groups excluding carboxylic acids is 1. The van der Waals surface area contributed by atoms with Crippen molar-refractivity contribution in [3.05, 3.63) is 59.1 Å². The fourth-order valence-corrected chi connectivity index (χ4v) is 5.88. The van der Waals surface area contributed by atoms with Crippen LogP contribution in [0.15, 0.2) is 48.5 Å². The molecule has 2 saturated heterocycles. The summed E-state index contributed by atoms with van der Waals surface area (Å²) in [6.45, 7) is 3.94. The highest BCUT2D eigenvalue weighted by molar-refractivity contribution is 6.30. The Morgan fingerprint density at radius 1 is 1.17 bits per heavy atom. The number of anilines is 3. The Morgan fingerprint density at radius 2 is 1.93 bits per heavy atom. The van der Waals surface area contributed by atoms with E-state index in [1.54, 1.807) is 31.2 Å². The summed E-state index contributed by atoms with van der Waals surface area (Å²) in [5.41, 5.74) is 12.7. The lowest BCUT2D eigenvalue weighted by Gasteiger charge is -2.39. The highest BCUT2D eigenvalue weighted by Crippen LogP contribution is 2.43. The average Bonchev–Trinajstić information content (AvgIpc) is 3.35. The Kier molecular flexibility index (Phi) is 8.38. The maximum Gasteiger partial charge on any atom is 0.429 e. The van der Waals surface area contributed by atoms with Crippen molar-refractivity contribution in [2.45, 2.75) is 44.5 Å². The number of rotatable bonds is 7. The Morgan fingerprint density at radius 3 is 2.62 bits per heavy atom. The van der Waals surface area contributed by atoms with Crippen LogP contribution in [0, 0.1) is 5.41 Å². The number of nitrogens with two attached hydrogens (primary N) is 2. The van der Waals surface area contributed by atoms with E-state index >= 15 is 0 Å². The van der Waals surface area contributed by atoms with Gasteiger partial charge in [-0.15, -0.1) is 0 Å².